The summed E-state index contributed by atoms with van der Waals surface area (Å²) >= 11 is 0. The fourth-order valence-electron chi connectivity index (χ4n) is 0.467. The first-order chi connectivity index (χ1) is 4.31. The molecule has 0 amide bonds. The smallest absolute Gasteiger partial charge is 0.0439 e. The molecule has 0 aromatic carbocycles. The minimum atomic E-state index is 0.812. The Morgan fingerprint density at radius 2 is 2.22 bits per heavy atom. The van der Waals surface area contributed by atoms with Crippen LogP contribution in [0.4, 0.5) is 0 Å². The van der Waals surface area contributed by atoms with Gasteiger partial charge in [0, 0.05) is 18.7 Å². The van der Waals surface area contributed by atoms with Gasteiger partial charge in [0.15, 0.2) is 0 Å². The first kappa shape index (κ1) is 8.21. The molecule has 0 fully saturated rings. The number of hydrogen-bond acceptors (Lipinski definition) is 2. The van der Waals surface area contributed by atoms with E-state index in [1.165, 1.54) is 0 Å². The number of allylic oxidation sites excluding steroid dienone is 1. The molecule has 2 heteroatoms. The molecule has 0 aliphatic heterocycles. The Balaban J connectivity index is 3.28. The van der Waals surface area contributed by atoms with Crippen molar-refractivity contribution in [2.24, 2.45) is 10.7 Å². The van der Waals surface area contributed by atoms with Crippen LogP contribution in [0.2, 0.25) is 0 Å². The van der Waals surface area contributed by atoms with Crippen molar-refractivity contribution in [1.29, 1.82) is 0 Å². The molecule has 0 spiro atoms. The number of hydrogen-bond donors (Lipinski definition) is 1. The van der Waals surface area contributed by atoms with Gasteiger partial charge >= 0.3 is 0 Å². The van der Waals surface area contributed by atoms with E-state index in [1.54, 1.807) is 6.21 Å². The van der Waals surface area contributed by atoms with Gasteiger partial charge in [-0.3, -0.25) is 4.99 Å². The molecule has 2 nitrogen and oxygen atoms in total. The minimum Gasteiger partial charge on any atom is -0.402 e. The van der Waals surface area contributed by atoms with Crippen molar-refractivity contribution in [1.82, 2.24) is 0 Å². The van der Waals surface area contributed by atoms with Crippen LogP contribution in [-0.4, -0.2) is 12.8 Å². The molecule has 0 heterocycles. The summed E-state index contributed by atoms with van der Waals surface area (Å²) in [7, 11) is 0. The van der Waals surface area contributed by atoms with E-state index in [0.29, 0.717) is 0 Å². The third-order valence-corrected chi connectivity index (χ3v) is 1.08. The highest BCUT2D eigenvalue weighted by molar-refractivity contribution is 5.53. The number of nitrogens with two attached hydrogens (primary N) is 1. The lowest BCUT2D eigenvalue weighted by molar-refractivity contribution is 0.936. The summed E-state index contributed by atoms with van der Waals surface area (Å²) in [4.78, 5) is 4.01. The zero-order chi connectivity index (χ0) is 7.11. The van der Waals surface area contributed by atoms with Crippen LogP contribution in [0.15, 0.2) is 16.8 Å². The van der Waals surface area contributed by atoms with E-state index in [4.69, 9.17) is 5.73 Å². The van der Waals surface area contributed by atoms with Crippen LogP contribution in [-0.2, 0) is 0 Å². The molecular formula is C7H14N2. The molecule has 0 radical (unpaired) electrons. The van der Waals surface area contributed by atoms with Crippen LogP contribution in [0.3, 0.4) is 0 Å². The standard InChI is InChI=1S/C7H14N2/c1-3-7(8)5-6-9-4-2/h3-4H,5-6,8H2,1-2H3. The molecule has 0 unspecified atom stereocenters. The average molecular weight is 126 g/mol. The number of nitrogens with zero attached hydrogens (tertiary/aromatic N) is 1. The zero-order valence-electron chi connectivity index (χ0n) is 6.09. The average Bonchev–Trinajstić information content (AvgIpc) is 1.89. The topological polar surface area (TPSA) is 38.4 Å². The Bertz CT molecular complexity index is 114. The van der Waals surface area contributed by atoms with Gasteiger partial charge in [0.1, 0.15) is 0 Å². The highest BCUT2D eigenvalue weighted by atomic mass is 14.7. The predicted octanol–water partition coefficient (Wildman–Crippen LogP) is 1.33. The first-order valence-electron chi connectivity index (χ1n) is 3.16. The van der Waals surface area contributed by atoms with Crippen LogP contribution >= 0.6 is 0 Å². The SMILES string of the molecule is CC=NCCC(N)=CC. The van der Waals surface area contributed by atoms with Gasteiger partial charge in [-0.2, -0.15) is 0 Å². The maximum absolute atomic E-state index is 5.50. The second kappa shape index (κ2) is 5.35. The normalized spacial score (nSPS) is 12.9. The second-order valence-electron chi connectivity index (χ2n) is 1.78. The fraction of sp³-hybridized carbons (Fsp3) is 0.571. The van der Waals surface area contributed by atoms with E-state index in [2.05, 4.69) is 4.99 Å². The predicted molar refractivity (Wildman–Crippen MR) is 41.6 cm³/mol. The third-order valence-electron chi connectivity index (χ3n) is 1.08. The Kier molecular flexibility index (Phi) is 4.88. The third kappa shape index (κ3) is 5.07. The van der Waals surface area contributed by atoms with Gasteiger partial charge < -0.3 is 5.73 Å². The van der Waals surface area contributed by atoms with Crippen molar-refractivity contribution in [2.45, 2.75) is 20.3 Å². The fourth-order valence-corrected chi connectivity index (χ4v) is 0.467. The quantitative estimate of drug-likeness (QED) is 0.569. The lowest BCUT2D eigenvalue weighted by Gasteiger charge is -1.93. The van der Waals surface area contributed by atoms with Crippen molar-refractivity contribution in [3.05, 3.63) is 11.8 Å². The van der Waals surface area contributed by atoms with Crippen LogP contribution in [0.1, 0.15) is 20.3 Å². The van der Waals surface area contributed by atoms with Crippen molar-refractivity contribution in [3.8, 4) is 0 Å². The maximum Gasteiger partial charge on any atom is 0.0439 e. The molecule has 0 rings (SSSR count). The summed E-state index contributed by atoms with van der Waals surface area (Å²) < 4.78 is 0. The molecule has 0 aliphatic rings. The monoisotopic (exact) mass is 126 g/mol. The van der Waals surface area contributed by atoms with Gasteiger partial charge in [-0.15, -0.1) is 0 Å². The van der Waals surface area contributed by atoms with Gasteiger partial charge in [-0.05, 0) is 20.1 Å². The van der Waals surface area contributed by atoms with E-state index in [-0.39, 0.29) is 0 Å². The summed E-state index contributed by atoms with van der Waals surface area (Å²) in [6.45, 7) is 4.66. The summed E-state index contributed by atoms with van der Waals surface area (Å²) in [5.74, 6) is 0. The van der Waals surface area contributed by atoms with Gasteiger partial charge in [-0.1, -0.05) is 6.08 Å². The Labute approximate surface area is 56.5 Å². The highest BCUT2D eigenvalue weighted by Crippen LogP contribution is 1.90. The number of aliphatic imine (C=N–C) groups is 1. The molecule has 0 aromatic rings. The van der Waals surface area contributed by atoms with Crippen molar-refractivity contribution in [2.75, 3.05) is 6.54 Å². The Morgan fingerprint density at radius 3 is 2.67 bits per heavy atom. The van der Waals surface area contributed by atoms with E-state index in [0.717, 1.165) is 18.7 Å². The Hall–Kier alpha value is -0.790. The molecule has 0 saturated carbocycles. The van der Waals surface area contributed by atoms with Crippen molar-refractivity contribution >= 4 is 6.21 Å². The molecule has 2 N–H and O–H groups in total. The second-order valence-corrected chi connectivity index (χ2v) is 1.78. The summed E-state index contributed by atoms with van der Waals surface area (Å²) in [6, 6.07) is 0. The van der Waals surface area contributed by atoms with Gasteiger partial charge in [-0.25, -0.2) is 0 Å². The van der Waals surface area contributed by atoms with Crippen molar-refractivity contribution < 1.29 is 0 Å². The van der Waals surface area contributed by atoms with Crippen LogP contribution in [0.5, 0.6) is 0 Å². The molecule has 9 heavy (non-hydrogen) atoms. The van der Waals surface area contributed by atoms with Crippen LogP contribution in [0.25, 0.3) is 0 Å². The molecule has 0 saturated heterocycles. The van der Waals surface area contributed by atoms with E-state index < -0.39 is 0 Å². The van der Waals surface area contributed by atoms with E-state index in [1.807, 2.05) is 19.9 Å². The molecule has 0 atom stereocenters. The van der Waals surface area contributed by atoms with Crippen molar-refractivity contribution in [3.63, 3.8) is 0 Å². The number of rotatable bonds is 3. The Morgan fingerprint density at radius 1 is 1.56 bits per heavy atom. The highest BCUT2D eigenvalue weighted by Gasteiger charge is 1.83. The van der Waals surface area contributed by atoms with Gasteiger partial charge in [0.05, 0.1) is 0 Å². The van der Waals surface area contributed by atoms with Crippen LogP contribution < -0.4 is 5.73 Å². The molecule has 52 valence electrons. The van der Waals surface area contributed by atoms with Gasteiger partial charge in [0.2, 0.25) is 0 Å². The lowest BCUT2D eigenvalue weighted by Crippen LogP contribution is -1.97. The zero-order valence-corrected chi connectivity index (χ0v) is 6.09. The molecular weight excluding hydrogens is 112 g/mol. The lowest BCUT2D eigenvalue weighted by atomic mass is 10.3. The molecule has 0 aliphatic carbocycles. The van der Waals surface area contributed by atoms with Gasteiger partial charge in [0.25, 0.3) is 0 Å². The van der Waals surface area contributed by atoms with E-state index in [9.17, 15) is 0 Å². The largest absolute Gasteiger partial charge is 0.402 e. The van der Waals surface area contributed by atoms with E-state index >= 15 is 0 Å². The van der Waals surface area contributed by atoms with Crippen LogP contribution in [0, 0.1) is 0 Å². The first-order valence-corrected chi connectivity index (χ1v) is 3.16. The summed E-state index contributed by atoms with van der Waals surface area (Å²) in [5, 5.41) is 0. The minimum absolute atomic E-state index is 0.812. The summed E-state index contributed by atoms with van der Waals surface area (Å²) in [6.07, 6.45) is 4.58. The molecule has 0 bridgehead atoms. The maximum atomic E-state index is 5.50. The summed E-state index contributed by atoms with van der Waals surface area (Å²) in [5.41, 5.74) is 6.42. The molecule has 0 aromatic heterocycles.